The Morgan fingerprint density at radius 3 is 2.79 bits per heavy atom. The van der Waals surface area contributed by atoms with Crippen LogP contribution in [-0.2, 0) is 4.79 Å². The van der Waals surface area contributed by atoms with E-state index in [1.54, 1.807) is 24.3 Å². The van der Waals surface area contributed by atoms with Gasteiger partial charge in [0.1, 0.15) is 14.9 Å². The average molecular weight is 370 g/mol. The van der Waals surface area contributed by atoms with Gasteiger partial charge in [0.25, 0.3) is 0 Å². The van der Waals surface area contributed by atoms with Crippen molar-refractivity contribution in [2.24, 2.45) is 0 Å². The second-order valence-electron chi connectivity index (χ2n) is 4.60. The van der Waals surface area contributed by atoms with Crippen LogP contribution in [0.3, 0.4) is 0 Å². The van der Waals surface area contributed by atoms with Gasteiger partial charge < -0.3 is 9.84 Å². The molecule has 1 atom stereocenters. The van der Waals surface area contributed by atoms with E-state index in [1.807, 2.05) is 26.0 Å². The molecule has 2 aromatic carbocycles. The van der Waals surface area contributed by atoms with Crippen LogP contribution in [0.4, 0.5) is 0 Å². The van der Waals surface area contributed by atoms with Gasteiger partial charge in [0.2, 0.25) is 0 Å². The fraction of sp³-hybridized carbons (Fsp3) is 0.267. The lowest BCUT2D eigenvalue weighted by molar-refractivity contribution is -0.136. The molecule has 0 heterocycles. The van der Waals surface area contributed by atoms with Crippen LogP contribution >= 0.6 is 22.6 Å². The Morgan fingerprint density at radius 1 is 1.37 bits per heavy atom. The number of phenols is 1. The number of fused-ring (bicyclic) bond motifs is 1. The summed E-state index contributed by atoms with van der Waals surface area (Å²) in [5.41, 5.74) is 0. The molecule has 0 saturated carbocycles. The first kappa shape index (κ1) is 14.1. The van der Waals surface area contributed by atoms with Crippen LogP contribution in [0, 0.1) is 0 Å². The van der Waals surface area contributed by atoms with E-state index in [9.17, 15) is 9.90 Å². The molecule has 0 spiro atoms. The number of hydrogen-bond acceptors (Lipinski definition) is 3. The lowest BCUT2D eigenvalue weighted by Gasteiger charge is -2.19. The molecule has 2 rings (SSSR count). The average Bonchev–Trinajstić information content (AvgIpc) is 2.39. The Morgan fingerprint density at radius 2 is 2.11 bits per heavy atom. The fourth-order valence-electron chi connectivity index (χ4n) is 1.67. The van der Waals surface area contributed by atoms with Gasteiger partial charge in [-0.25, -0.2) is 0 Å². The molecule has 3 nitrogen and oxygen atoms in total. The minimum Gasteiger partial charge on any atom is -0.508 e. The summed E-state index contributed by atoms with van der Waals surface area (Å²) in [6, 6.07) is 10.5. The van der Waals surface area contributed by atoms with Crippen molar-refractivity contribution in [3.05, 3.63) is 36.4 Å². The third-order valence-corrected chi connectivity index (χ3v) is 4.32. The van der Waals surface area contributed by atoms with Crippen molar-refractivity contribution in [1.82, 2.24) is 0 Å². The van der Waals surface area contributed by atoms with Gasteiger partial charge in [0.15, 0.2) is 0 Å². The van der Waals surface area contributed by atoms with Crippen LogP contribution in [0.1, 0.15) is 20.3 Å². The predicted molar refractivity (Wildman–Crippen MR) is 84.0 cm³/mol. The number of hydrogen-bond donors (Lipinski definition) is 1. The highest BCUT2D eigenvalue weighted by atomic mass is 127. The fourth-order valence-corrected chi connectivity index (χ4v) is 1.78. The van der Waals surface area contributed by atoms with Crippen molar-refractivity contribution in [1.29, 1.82) is 0 Å². The number of alkyl halides is 1. The maximum Gasteiger partial charge on any atom is 0.327 e. The van der Waals surface area contributed by atoms with Gasteiger partial charge >= 0.3 is 5.97 Å². The van der Waals surface area contributed by atoms with Crippen molar-refractivity contribution in [2.45, 2.75) is 23.7 Å². The standard InChI is InChI=1S/C15H15IO3/c1-3-15(2,16)14(18)19-13-6-4-5-10-7-8-11(17)9-12(10)13/h4-9,17H,3H2,1-2H3. The Kier molecular flexibility index (Phi) is 3.99. The highest BCUT2D eigenvalue weighted by molar-refractivity contribution is 14.1. The molecule has 0 radical (unpaired) electrons. The molecular weight excluding hydrogens is 355 g/mol. The smallest absolute Gasteiger partial charge is 0.327 e. The van der Waals surface area contributed by atoms with Gasteiger partial charge in [0, 0.05) is 5.39 Å². The summed E-state index contributed by atoms with van der Waals surface area (Å²) in [7, 11) is 0. The maximum atomic E-state index is 12.1. The molecule has 19 heavy (non-hydrogen) atoms. The van der Waals surface area contributed by atoms with Gasteiger partial charge in [-0.05, 0) is 36.9 Å². The first-order chi connectivity index (χ1) is 8.94. The summed E-state index contributed by atoms with van der Waals surface area (Å²) in [5, 5.41) is 11.2. The highest BCUT2D eigenvalue weighted by Gasteiger charge is 2.30. The first-order valence-electron chi connectivity index (χ1n) is 6.07. The van der Waals surface area contributed by atoms with E-state index in [0.717, 1.165) is 10.8 Å². The van der Waals surface area contributed by atoms with E-state index in [-0.39, 0.29) is 11.7 Å². The summed E-state index contributed by atoms with van der Waals surface area (Å²) < 4.78 is 4.94. The third kappa shape index (κ3) is 3.00. The zero-order chi connectivity index (χ0) is 14.0. The molecule has 0 amide bonds. The number of benzene rings is 2. The number of ether oxygens (including phenoxy) is 1. The minimum atomic E-state index is -0.545. The van der Waals surface area contributed by atoms with Crippen molar-refractivity contribution < 1.29 is 14.6 Å². The summed E-state index contributed by atoms with van der Waals surface area (Å²) in [5.74, 6) is 0.366. The third-order valence-electron chi connectivity index (χ3n) is 3.12. The number of rotatable bonds is 3. The van der Waals surface area contributed by atoms with Crippen LogP contribution in [0.15, 0.2) is 36.4 Å². The molecule has 100 valence electrons. The zero-order valence-electron chi connectivity index (χ0n) is 10.8. The van der Waals surface area contributed by atoms with Gasteiger partial charge in [-0.1, -0.05) is 47.7 Å². The number of aromatic hydroxyl groups is 1. The van der Waals surface area contributed by atoms with E-state index in [1.165, 1.54) is 0 Å². The molecule has 0 aliphatic heterocycles. The number of phenolic OH excluding ortho intramolecular Hbond substituents is 1. The summed E-state index contributed by atoms with van der Waals surface area (Å²) >= 11 is 2.10. The molecule has 0 fully saturated rings. The largest absolute Gasteiger partial charge is 0.508 e. The molecular formula is C15H15IO3. The summed E-state index contributed by atoms with van der Waals surface area (Å²) in [6.45, 7) is 3.79. The van der Waals surface area contributed by atoms with E-state index < -0.39 is 3.42 Å². The zero-order valence-corrected chi connectivity index (χ0v) is 13.0. The van der Waals surface area contributed by atoms with Crippen molar-refractivity contribution in [2.75, 3.05) is 0 Å². The monoisotopic (exact) mass is 370 g/mol. The van der Waals surface area contributed by atoms with E-state index in [4.69, 9.17) is 4.74 Å². The Balaban J connectivity index is 2.41. The summed E-state index contributed by atoms with van der Waals surface area (Å²) in [4.78, 5) is 12.1. The molecule has 2 aromatic rings. The van der Waals surface area contributed by atoms with Gasteiger partial charge in [-0.3, -0.25) is 4.79 Å². The molecule has 0 bridgehead atoms. The number of esters is 1. The minimum absolute atomic E-state index is 0.156. The van der Waals surface area contributed by atoms with Gasteiger partial charge in [-0.2, -0.15) is 0 Å². The molecule has 0 aliphatic rings. The van der Waals surface area contributed by atoms with Crippen LogP contribution < -0.4 is 4.74 Å². The molecule has 4 heteroatoms. The van der Waals surface area contributed by atoms with Crippen molar-refractivity contribution in [3.63, 3.8) is 0 Å². The second-order valence-corrected chi connectivity index (χ2v) is 6.98. The Hall–Kier alpha value is -1.30. The maximum absolute atomic E-state index is 12.1. The first-order valence-corrected chi connectivity index (χ1v) is 7.15. The number of carbonyl (C=O) groups excluding carboxylic acids is 1. The van der Waals surface area contributed by atoms with Crippen LogP contribution in [0.5, 0.6) is 11.5 Å². The van der Waals surface area contributed by atoms with Crippen molar-refractivity contribution in [3.8, 4) is 11.5 Å². The van der Waals surface area contributed by atoms with E-state index in [0.29, 0.717) is 12.2 Å². The number of halogens is 1. The van der Waals surface area contributed by atoms with Gasteiger partial charge in [0.05, 0.1) is 0 Å². The van der Waals surface area contributed by atoms with E-state index >= 15 is 0 Å². The molecule has 1 N–H and O–H groups in total. The van der Waals surface area contributed by atoms with Crippen LogP contribution in [0.2, 0.25) is 0 Å². The normalized spacial score (nSPS) is 14.1. The molecule has 0 aliphatic carbocycles. The lowest BCUT2D eigenvalue weighted by atomic mass is 10.1. The Labute approximate surface area is 125 Å². The summed E-state index contributed by atoms with van der Waals surface area (Å²) in [6.07, 6.45) is 0.697. The quantitative estimate of drug-likeness (QED) is 0.384. The second kappa shape index (κ2) is 5.36. The SMILES string of the molecule is CCC(C)(I)C(=O)Oc1cccc2ccc(O)cc12. The van der Waals surface area contributed by atoms with Crippen molar-refractivity contribution >= 4 is 39.3 Å². The molecule has 0 saturated heterocycles. The predicted octanol–water partition coefficient (Wildman–Crippen LogP) is 4.05. The highest BCUT2D eigenvalue weighted by Crippen LogP contribution is 2.31. The lowest BCUT2D eigenvalue weighted by Crippen LogP contribution is -2.31. The van der Waals surface area contributed by atoms with Gasteiger partial charge in [-0.15, -0.1) is 0 Å². The number of carbonyl (C=O) groups is 1. The Bertz CT molecular complexity index is 620. The van der Waals surface area contributed by atoms with E-state index in [2.05, 4.69) is 22.6 Å². The van der Waals surface area contributed by atoms with Crippen LogP contribution in [-0.4, -0.2) is 14.5 Å². The van der Waals surface area contributed by atoms with Crippen LogP contribution in [0.25, 0.3) is 10.8 Å². The topological polar surface area (TPSA) is 46.5 Å². The molecule has 1 unspecified atom stereocenters. The molecule has 0 aromatic heterocycles.